The van der Waals surface area contributed by atoms with Crippen LogP contribution >= 0.6 is 0 Å². The van der Waals surface area contributed by atoms with Gasteiger partial charge in [0.05, 0.1) is 6.26 Å². The number of nitrogen functional groups attached to an aromatic ring is 1. The third-order valence-electron chi connectivity index (χ3n) is 5.17. The molecule has 8 heteroatoms. The largest absolute Gasteiger partial charge is 0.461 e. The van der Waals surface area contributed by atoms with E-state index in [0.29, 0.717) is 48.5 Å². The van der Waals surface area contributed by atoms with E-state index in [0.717, 1.165) is 11.1 Å². The average Bonchev–Trinajstić information content (AvgIpc) is 3.47. The zero-order valence-corrected chi connectivity index (χ0v) is 17.2. The molecule has 0 aliphatic carbocycles. The van der Waals surface area contributed by atoms with Crippen molar-refractivity contribution in [2.45, 2.75) is 13.0 Å². The van der Waals surface area contributed by atoms with Crippen LogP contribution in [-0.4, -0.2) is 26.1 Å². The molecule has 0 radical (unpaired) electrons. The maximum atomic E-state index is 13.6. The molecule has 0 unspecified atom stereocenters. The lowest BCUT2D eigenvalue weighted by Gasteiger charge is -2.24. The van der Waals surface area contributed by atoms with Gasteiger partial charge in [0.25, 0.3) is 5.78 Å². The van der Waals surface area contributed by atoms with E-state index >= 15 is 0 Å². The lowest BCUT2D eigenvalue weighted by atomic mass is 10.1. The number of rotatable bonds is 7. The number of hydrogen-bond acceptors (Lipinski definition) is 6. The van der Waals surface area contributed by atoms with Crippen molar-refractivity contribution in [3.05, 3.63) is 96.0 Å². The first-order valence-electron chi connectivity index (χ1n) is 10.3. The van der Waals surface area contributed by atoms with Gasteiger partial charge in [-0.3, -0.25) is 0 Å². The quantitative estimate of drug-likeness (QED) is 0.415. The summed E-state index contributed by atoms with van der Waals surface area (Å²) in [5.74, 6) is 2.20. The molecule has 32 heavy (non-hydrogen) atoms. The molecule has 0 spiro atoms. The maximum absolute atomic E-state index is 13.6. The lowest BCUT2D eigenvalue weighted by molar-refractivity contribution is 0.577. The van der Waals surface area contributed by atoms with E-state index in [1.165, 1.54) is 10.6 Å². The molecule has 0 bridgehead atoms. The molecule has 0 atom stereocenters. The number of benzene rings is 2. The van der Waals surface area contributed by atoms with Gasteiger partial charge in [-0.2, -0.15) is 14.5 Å². The number of nitrogens with two attached hydrogens (primary N) is 1. The summed E-state index contributed by atoms with van der Waals surface area (Å²) in [5, 5.41) is 4.41. The van der Waals surface area contributed by atoms with Gasteiger partial charge in [-0.1, -0.05) is 42.5 Å². The van der Waals surface area contributed by atoms with Gasteiger partial charge >= 0.3 is 0 Å². The minimum atomic E-state index is -0.241. The van der Waals surface area contributed by atoms with Gasteiger partial charge in [0, 0.05) is 19.2 Å². The van der Waals surface area contributed by atoms with Crippen LogP contribution < -0.4 is 10.6 Å². The first-order valence-corrected chi connectivity index (χ1v) is 10.3. The molecule has 3 heterocycles. The van der Waals surface area contributed by atoms with Crippen molar-refractivity contribution in [2.24, 2.45) is 0 Å². The Hall–Kier alpha value is -4.20. The fourth-order valence-electron chi connectivity index (χ4n) is 3.58. The van der Waals surface area contributed by atoms with Crippen molar-refractivity contribution in [3.63, 3.8) is 0 Å². The zero-order valence-electron chi connectivity index (χ0n) is 17.2. The highest BCUT2D eigenvalue weighted by Crippen LogP contribution is 2.22. The number of furan rings is 1. The van der Waals surface area contributed by atoms with Gasteiger partial charge in [0.15, 0.2) is 5.76 Å². The van der Waals surface area contributed by atoms with E-state index in [1.54, 1.807) is 36.6 Å². The fraction of sp³-hybridized carbons (Fsp3) is 0.125. The predicted octanol–water partition coefficient (Wildman–Crippen LogP) is 4.35. The number of nitrogens with zero attached hydrogens (tertiary/aromatic N) is 5. The van der Waals surface area contributed by atoms with Crippen LogP contribution in [0.1, 0.15) is 11.1 Å². The number of aromatic nitrogens is 4. The first kappa shape index (κ1) is 19.7. The van der Waals surface area contributed by atoms with Crippen LogP contribution in [0.4, 0.5) is 16.0 Å². The Balaban J connectivity index is 1.49. The minimum Gasteiger partial charge on any atom is -0.461 e. The molecule has 0 fully saturated rings. The Morgan fingerprint density at radius 1 is 0.938 bits per heavy atom. The predicted molar refractivity (Wildman–Crippen MR) is 120 cm³/mol. The van der Waals surface area contributed by atoms with Crippen LogP contribution in [0.2, 0.25) is 0 Å². The van der Waals surface area contributed by atoms with Crippen molar-refractivity contribution >= 4 is 17.4 Å². The van der Waals surface area contributed by atoms with Crippen molar-refractivity contribution in [2.75, 3.05) is 17.2 Å². The second kappa shape index (κ2) is 8.50. The summed E-state index contributed by atoms with van der Waals surface area (Å²) in [4.78, 5) is 11.3. The van der Waals surface area contributed by atoms with E-state index in [4.69, 9.17) is 15.1 Å². The number of halogens is 1. The Kier molecular flexibility index (Phi) is 5.25. The van der Waals surface area contributed by atoms with Crippen LogP contribution in [0.25, 0.3) is 17.4 Å². The zero-order chi connectivity index (χ0) is 21.9. The van der Waals surface area contributed by atoms with Gasteiger partial charge in [-0.05, 0) is 41.8 Å². The summed E-state index contributed by atoms with van der Waals surface area (Å²) in [5.41, 5.74) is 8.34. The molecule has 3 aromatic heterocycles. The molecule has 0 amide bonds. The second-order valence-corrected chi connectivity index (χ2v) is 7.45. The molecule has 7 nitrogen and oxygen atoms in total. The summed E-state index contributed by atoms with van der Waals surface area (Å²) >= 11 is 0. The summed E-state index contributed by atoms with van der Waals surface area (Å²) in [7, 11) is 0. The summed E-state index contributed by atoms with van der Waals surface area (Å²) in [6.07, 6.45) is 2.22. The summed E-state index contributed by atoms with van der Waals surface area (Å²) in [6.45, 7) is 1.25. The van der Waals surface area contributed by atoms with Gasteiger partial charge in [0.1, 0.15) is 17.5 Å². The third kappa shape index (κ3) is 4.15. The second-order valence-electron chi connectivity index (χ2n) is 7.45. The number of fused-ring (bicyclic) bond motifs is 1. The van der Waals surface area contributed by atoms with Crippen molar-refractivity contribution < 1.29 is 8.81 Å². The molecule has 2 N–H and O–H groups in total. The highest BCUT2D eigenvalue weighted by Gasteiger charge is 2.16. The Labute approximate surface area is 184 Å². The maximum Gasteiger partial charge on any atom is 0.256 e. The molecular weight excluding hydrogens is 407 g/mol. The standard InChI is InChI=1S/C24H21FN6O/c25-19-9-4-8-17(14-19)11-12-30(16-18-6-2-1-3-7-18)22-15-21(26)31-24(27-22)28-23(29-31)20-10-5-13-32-20/h1-10,13-15H,11-12,16,26H2. The molecular formula is C24H21FN6O. The Bertz CT molecular complexity index is 1330. The molecule has 5 aromatic rings. The van der Waals surface area contributed by atoms with E-state index in [9.17, 15) is 4.39 Å². The Morgan fingerprint density at radius 2 is 1.78 bits per heavy atom. The molecule has 2 aromatic carbocycles. The van der Waals surface area contributed by atoms with Crippen LogP contribution in [0, 0.1) is 5.82 Å². The molecule has 160 valence electrons. The molecule has 0 aliphatic rings. The van der Waals surface area contributed by atoms with Crippen molar-refractivity contribution in [1.29, 1.82) is 0 Å². The third-order valence-corrected chi connectivity index (χ3v) is 5.17. The van der Waals surface area contributed by atoms with E-state index in [1.807, 2.05) is 24.3 Å². The topological polar surface area (TPSA) is 85.5 Å². The number of anilines is 2. The van der Waals surface area contributed by atoms with E-state index < -0.39 is 0 Å². The van der Waals surface area contributed by atoms with Crippen LogP contribution in [0.5, 0.6) is 0 Å². The number of hydrogen-bond donors (Lipinski definition) is 1. The van der Waals surface area contributed by atoms with Crippen LogP contribution in [0.15, 0.2) is 83.5 Å². The van der Waals surface area contributed by atoms with Gasteiger partial charge in [0.2, 0.25) is 5.82 Å². The highest BCUT2D eigenvalue weighted by atomic mass is 19.1. The molecule has 0 aliphatic heterocycles. The normalized spacial score (nSPS) is 11.2. The first-order chi connectivity index (χ1) is 15.7. The average molecular weight is 428 g/mol. The van der Waals surface area contributed by atoms with Gasteiger partial charge in [-0.15, -0.1) is 5.10 Å². The van der Waals surface area contributed by atoms with Crippen molar-refractivity contribution in [3.8, 4) is 11.6 Å². The SMILES string of the molecule is Nc1cc(N(CCc2cccc(F)c2)Cc2ccccc2)nc2nc(-c3ccco3)nn12. The van der Waals surface area contributed by atoms with Gasteiger partial charge < -0.3 is 15.1 Å². The highest BCUT2D eigenvalue weighted by molar-refractivity contribution is 5.57. The minimum absolute atomic E-state index is 0.241. The summed E-state index contributed by atoms with van der Waals surface area (Å²) < 4.78 is 20.5. The smallest absolute Gasteiger partial charge is 0.256 e. The molecule has 0 saturated carbocycles. The van der Waals surface area contributed by atoms with Crippen molar-refractivity contribution in [1.82, 2.24) is 19.6 Å². The fourth-order valence-corrected chi connectivity index (χ4v) is 3.58. The van der Waals surface area contributed by atoms with Crippen LogP contribution in [0.3, 0.4) is 0 Å². The van der Waals surface area contributed by atoms with Crippen LogP contribution in [-0.2, 0) is 13.0 Å². The lowest BCUT2D eigenvalue weighted by Crippen LogP contribution is -2.27. The Morgan fingerprint density at radius 3 is 2.56 bits per heavy atom. The summed E-state index contributed by atoms with van der Waals surface area (Å²) in [6, 6.07) is 22.1. The van der Waals surface area contributed by atoms with Gasteiger partial charge in [-0.25, -0.2) is 4.39 Å². The van der Waals surface area contributed by atoms with E-state index in [-0.39, 0.29) is 5.82 Å². The molecule has 0 saturated heterocycles. The van der Waals surface area contributed by atoms with E-state index in [2.05, 4.69) is 27.1 Å². The monoisotopic (exact) mass is 428 g/mol. The molecule has 5 rings (SSSR count).